The standard InChI is InChI=1S/C10H14FNO4S2/c1-10(2,3)7-16-9(13)12(18(11,14)15)8-5-4-6-17-8/h4-6H,7H2,1-3H3. The van der Waals surface area contributed by atoms with Crippen molar-refractivity contribution in [2.24, 2.45) is 5.41 Å². The van der Waals surface area contributed by atoms with Gasteiger partial charge in [-0.15, -0.1) is 15.6 Å². The van der Waals surface area contributed by atoms with E-state index in [1.165, 1.54) is 17.5 Å². The van der Waals surface area contributed by atoms with Gasteiger partial charge in [-0.1, -0.05) is 24.7 Å². The average molecular weight is 295 g/mol. The molecule has 102 valence electrons. The van der Waals surface area contributed by atoms with E-state index in [-0.39, 0.29) is 21.3 Å². The first-order chi connectivity index (χ1) is 8.11. The highest BCUT2D eigenvalue weighted by Crippen LogP contribution is 2.26. The zero-order chi connectivity index (χ0) is 14.0. The van der Waals surface area contributed by atoms with Crippen molar-refractivity contribution in [1.82, 2.24) is 0 Å². The van der Waals surface area contributed by atoms with E-state index in [1.807, 2.05) is 0 Å². The molecule has 5 nitrogen and oxygen atoms in total. The summed E-state index contributed by atoms with van der Waals surface area (Å²) in [4.78, 5) is 11.6. The molecule has 18 heavy (non-hydrogen) atoms. The predicted octanol–water partition coefficient (Wildman–Crippen LogP) is 2.95. The Morgan fingerprint density at radius 2 is 2.11 bits per heavy atom. The van der Waals surface area contributed by atoms with E-state index in [1.54, 1.807) is 20.8 Å². The van der Waals surface area contributed by atoms with E-state index < -0.39 is 16.5 Å². The average Bonchev–Trinajstić information content (AvgIpc) is 2.64. The van der Waals surface area contributed by atoms with Crippen LogP contribution in [0.1, 0.15) is 20.8 Å². The number of thiophene rings is 1. The molecule has 1 aromatic heterocycles. The Morgan fingerprint density at radius 3 is 2.50 bits per heavy atom. The van der Waals surface area contributed by atoms with Gasteiger partial charge in [-0.05, 0) is 22.9 Å². The number of amides is 1. The maximum Gasteiger partial charge on any atom is 0.431 e. The minimum atomic E-state index is -5.19. The van der Waals surface area contributed by atoms with E-state index in [0.717, 1.165) is 11.3 Å². The van der Waals surface area contributed by atoms with Crippen LogP contribution in [0.5, 0.6) is 0 Å². The van der Waals surface area contributed by atoms with Crippen LogP contribution < -0.4 is 4.31 Å². The van der Waals surface area contributed by atoms with Crippen molar-refractivity contribution in [2.75, 3.05) is 10.9 Å². The summed E-state index contributed by atoms with van der Waals surface area (Å²) in [6.45, 7) is 5.41. The van der Waals surface area contributed by atoms with Gasteiger partial charge >= 0.3 is 16.5 Å². The SMILES string of the molecule is CC(C)(C)COC(=O)N(c1cccs1)S(=O)(=O)F. The van der Waals surface area contributed by atoms with Gasteiger partial charge in [-0.3, -0.25) is 0 Å². The molecule has 1 heterocycles. The number of nitrogens with zero attached hydrogens (tertiary/aromatic N) is 1. The summed E-state index contributed by atoms with van der Waals surface area (Å²) in [6.07, 6.45) is -1.24. The molecule has 0 N–H and O–H groups in total. The van der Waals surface area contributed by atoms with E-state index in [9.17, 15) is 17.1 Å². The summed E-state index contributed by atoms with van der Waals surface area (Å²) >= 11 is 0.926. The Kier molecular flexibility index (Phi) is 4.33. The molecule has 0 saturated heterocycles. The second-order valence-electron chi connectivity index (χ2n) is 4.77. The maximum atomic E-state index is 13.1. The van der Waals surface area contributed by atoms with Gasteiger partial charge in [0.15, 0.2) is 0 Å². The zero-order valence-corrected chi connectivity index (χ0v) is 11.8. The third kappa shape index (κ3) is 4.26. The molecule has 0 aliphatic heterocycles. The fraction of sp³-hybridized carbons (Fsp3) is 0.500. The van der Waals surface area contributed by atoms with E-state index in [2.05, 4.69) is 0 Å². The zero-order valence-electron chi connectivity index (χ0n) is 10.2. The van der Waals surface area contributed by atoms with E-state index in [4.69, 9.17) is 4.74 Å². The van der Waals surface area contributed by atoms with Crippen LogP contribution in [-0.2, 0) is 15.1 Å². The highest BCUT2D eigenvalue weighted by Gasteiger charge is 2.32. The molecule has 0 radical (unpaired) electrons. The number of halogens is 1. The number of rotatable bonds is 3. The summed E-state index contributed by atoms with van der Waals surface area (Å²) < 4.78 is 39.8. The molecule has 0 spiro atoms. The maximum absolute atomic E-state index is 13.1. The molecule has 1 aromatic rings. The molecule has 1 rings (SSSR count). The van der Waals surface area contributed by atoms with Gasteiger partial charge in [0.25, 0.3) is 0 Å². The number of anilines is 1. The monoisotopic (exact) mass is 295 g/mol. The van der Waals surface area contributed by atoms with Crippen LogP contribution in [0.3, 0.4) is 0 Å². The van der Waals surface area contributed by atoms with Crippen LogP contribution in [0, 0.1) is 5.41 Å². The van der Waals surface area contributed by atoms with Gasteiger partial charge < -0.3 is 4.74 Å². The van der Waals surface area contributed by atoms with Gasteiger partial charge in [0.1, 0.15) is 5.00 Å². The Hall–Kier alpha value is -1.15. The van der Waals surface area contributed by atoms with Gasteiger partial charge in [-0.2, -0.15) is 8.42 Å². The summed E-state index contributed by atoms with van der Waals surface area (Å²) in [6, 6.07) is 2.83. The minimum absolute atomic E-state index is 0.0107. The Bertz CT molecular complexity index is 504. The molecular formula is C10H14FNO4S2. The molecule has 0 aromatic carbocycles. The Labute approximate surface area is 110 Å². The van der Waals surface area contributed by atoms with Crippen LogP contribution >= 0.6 is 11.3 Å². The number of ether oxygens (including phenoxy) is 1. The smallest absolute Gasteiger partial charge is 0.431 e. The molecule has 8 heteroatoms. The topological polar surface area (TPSA) is 63.7 Å². The quantitative estimate of drug-likeness (QED) is 0.804. The van der Waals surface area contributed by atoms with Gasteiger partial charge in [0.05, 0.1) is 6.61 Å². The molecule has 0 atom stereocenters. The van der Waals surface area contributed by atoms with Crippen LogP contribution in [-0.4, -0.2) is 21.1 Å². The van der Waals surface area contributed by atoms with Crippen molar-refractivity contribution >= 4 is 32.8 Å². The second kappa shape index (κ2) is 5.23. The third-order valence-corrected chi connectivity index (χ3v) is 3.47. The van der Waals surface area contributed by atoms with Crippen molar-refractivity contribution in [3.63, 3.8) is 0 Å². The lowest BCUT2D eigenvalue weighted by Crippen LogP contribution is -2.35. The highest BCUT2D eigenvalue weighted by molar-refractivity contribution is 7.88. The Balaban J connectivity index is 2.90. The van der Waals surface area contributed by atoms with E-state index >= 15 is 0 Å². The first-order valence-corrected chi connectivity index (χ1v) is 7.28. The predicted molar refractivity (Wildman–Crippen MR) is 67.6 cm³/mol. The summed E-state index contributed by atoms with van der Waals surface area (Å²) in [5, 5.41) is 1.49. The van der Waals surface area contributed by atoms with E-state index in [0.29, 0.717) is 0 Å². The molecule has 0 unspecified atom stereocenters. The van der Waals surface area contributed by atoms with Crippen molar-refractivity contribution in [3.8, 4) is 0 Å². The number of carbonyl (C=O) groups excluding carboxylic acids is 1. The fourth-order valence-corrected chi connectivity index (χ4v) is 2.54. The molecule has 0 saturated carbocycles. The normalized spacial score (nSPS) is 12.2. The fourth-order valence-electron chi connectivity index (χ4n) is 1.01. The molecule has 0 aliphatic carbocycles. The second-order valence-corrected chi connectivity index (χ2v) is 6.89. The summed E-state index contributed by atoms with van der Waals surface area (Å²) in [5.41, 5.74) is -0.336. The lowest BCUT2D eigenvalue weighted by atomic mass is 9.99. The summed E-state index contributed by atoms with van der Waals surface area (Å²) in [7, 11) is -5.19. The first-order valence-electron chi connectivity index (χ1n) is 5.06. The van der Waals surface area contributed by atoms with Crippen LogP contribution in [0.2, 0.25) is 0 Å². The van der Waals surface area contributed by atoms with Crippen molar-refractivity contribution < 1.29 is 21.8 Å². The molecule has 1 amide bonds. The van der Waals surface area contributed by atoms with Crippen molar-refractivity contribution in [1.29, 1.82) is 0 Å². The Morgan fingerprint density at radius 1 is 1.50 bits per heavy atom. The van der Waals surface area contributed by atoms with Crippen LogP contribution in [0.4, 0.5) is 13.7 Å². The number of hydrogen-bond acceptors (Lipinski definition) is 5. The van der Waals surface area contributed by atoms with Gasteiger partial charge in [-0.25, -0.2) is 4.79 Å². The van der Waals surface area contributed by atoms with Crippen molar-refractivity contribution in [3.05, 3.63) is 17.5 Å². The van der Waals surface area contributed by atoms with Crippen molar-refractivity contribution in [2.45, 2.75) is 20.8 Å². The minimum Gasteiger partial charge on any atom is -0.448 e. The number of carbonyl (C=O) groups is 1. The van der Waals surface area contributed by atoms with Gasteiger partial charge in [0, 0.05) is 0 Å². The lowest BCUT2D eigenvalue weighted by Gasteiger charge is -2.21. The third-order valence-electron chi connectivity index (χ3n) is 1.72. The summed E-state index contributed by atoms with van der Waals surface area (Å²) in [5.74, 6) is 0. The van der Waals surface area contributed by atoms with Gasteiger partial charge in [0.2, 0.25) is 0 Å². The lowest BCUT2D eigenvalue weighted by molar-refractivity contribution is 0.115. The molecule has 0 bridgehead atoms. The van der Waals surface area contributed by atoms with Crippen LogP contribution in [0.15, 0.2) is 17.5 Å². The largest absolute Gasteiger partial charge is 0.448 e. The first kappa shape index (κ1) is 14.9. The highest BCUT2D eigenvalue weighted by atomic mass is 32.3. The molecule has 0 aliphatic rings. The molecule has 0 fully saturated rings. The number of hydrogen-bond donors (Lipinski definition) is 0. The van der Waals surface area contributed by atoms with Crippen LogP contribution in [0.25, 0.3) is 0 Å². The molecular weight excluding hydrogens is 281 g/mol.